The van der Waals surface area contributed by atoms with Gasteiger partial charge in [0.1, 0.15) is 5.75 Å². The maximum Gasteiger partial charge on any atom is 0.258 e. The Morgan fingerprint density at radius 3 is 2.61 bits per heavy atom. The molecule has 31 heavy (non-hydrogen) atoms. The fraction of sp³-hybridized carbons (Fsp3) is 0.261. The van der Waals surface area contributed by atoms with E-state index < -0.39 is 0 Å². The quantitative estimate of drug-likeness (QED) is 0.300. The molecule has 6 nitrogen and oxygen atoms in total. The van der Waals surface area contributed by atoms with E-state index in [1.165, 1.54) is 30.6 Å². The molecule has 4 rings (SSSR count). The number of nitrogens with zero attached hydrogens (tertiary/aromatic N) is 3. The molecule has 4 aromatic rings. The van der Waals surface area contributed by atoms with E-state index in [4.69, 9.17) is 16.3 Å². The summed E-state index contributed by atoms with van der Waals surface area (Å²) in [6, 6.07) is 14.6. The molecule has 0 aliphatic rings. The average Bonchev–Trinajstić information content (AvgIpc) is 3.35. The van der Waals surface area contributed by atoms with Crippen molar-refractivity contribution in [3.05, 3.63) is 64.5 Å². The van der Waals surface area contributed by atoms with Gasteiger partial charge in [-0.3, -0.25) is 10.1 Å². The Balaban J connectivity index is 1.40. The molecule has 2 aromatic heterocycles. The monoisotopic (exact) mass is 454 g/mol. The van der Waals surface area contributed by atoms with Gasteiger partial charge in [0.05, 0.1) is 12.3 Å². The van der Waals surface area contributed by atoms with Crippen LogP contribution in [0.15, 0.2) is 53.9 Å². The third-order valence-electron chi connectivity index (χ3n) is 4.83. The normalized spacial score (nSPS) is 11.0. The van der Waals surface area contributed by atoms with E-state index in [9.17, 15) is 4.79 Å². The van der Waals surface area contributed by atoms with Crippen LogP contribution in [-0.2, 0) is 0 Å². The molecule has 0 saturated heterocycles. The summed E-state index contributed by atoms with van der Waals surface area (Å²) in [5.41, 5.74) is 2.39. The highest BCUT2D eigenvalue weighted by molar-refractivity contribution is 7.15. The number of unbranched alkanes of at least 4 members (excludes halogenated alkanes) is 3. The molecular weight excluding hydrogens is 432 g/mol. The SMILES string of the molecule is CCCCCCOc1ccc(C(=O)Nc2nc3scc(-c4ccc(Cl)cc4)n3n2)cc1. The second-order valence-corrected chi connectivity index (χ2v) is 8.42. The molecule has 2 heterocycles. The van der Waals surface area contributed by atoms with Crippen molar-refractivity contribution in [2.24, 2.45) is 0 Å². The molecule has 0 saturated carbocycles. The van der Waals surface area contributed by atoms with E-state index in [2.05, 4.69) is 22.3 Å². The largest absolute Gasteiger partial charge is 0.494 e. The summed E-state index contributed by atoms with van der Waals surface area (Å²) >= 11 is 7.44. The number of halogens is 1. The van der Waals surface area contributed by atoms with Crippen LogP contribution in [0.3, 0.4) is 0 Å². The van der Waals surface area contributed by atoms with E-state index in [0.29, 0.717) is 22.2 Å². The minimum absolute atomic E-state index is 0.263. The number of nitrogens with one attached hydrogen (secondary N) is 1. The lowest BCUT2D eigenvalue weighted by atomic mass is 10.2. The molecule has 0 bridgehead atoms. The van der Waals surface area contributed by atoms with Gasteiger partial charge in [-0.2, -0.15) is 4.98 Å². The molecular formula is C23H23ClN4O2S. The number of aromatic nitrogens is 3. The lowest BCUT2D eigenvalue weighted by molar-refractivity contribution is 0.102. The number of thiazole rings is 1. The molecule has 1 N–H and O–H groups in total. The standard InChI is InChI=1S/C23H23ClN4O2S/c1-2-3-4-5-14-30-19-12-8-17(9-13-19)21(29)25-22-26-23-28(27-22)20(15-31-23)16-6-10-18(24)11-7-16/h6-13,15H,2-5,14H2,1H3,(H,25,27,29). The zero-order valence-electron chi connectivity index (χ0n) is 17.2. The Bertz CT molecular complexity index is 1150. The van der Waals surface area contributed by atoms with Gasteiger partial charge in [-0.15, -0.1) is 16.4 Å². The first-order valence-corrected chi connectivity index (χ1v) is 11.5. The van der Waals surface area contributed by atoms with E-state index in [0.717, 1.165) is 23.4 Å². The van der Waals surface area contributed by atoms with Gasteiger partial charge in [-0.25, -0.2) is 4.52 Å². The number of amides is 1. The van der Waals surface area contributed by atoms with Crippen LogP contribution in [0.4, 0.5) is 5.95 Å². The molecule has 0 atom stereocenters. The number of fused-ring (bicyclic) bond motifs is 1. The van der Waals surface area contributed by atoms with E-state index in [-0.39, 0.29) is 11.9 Å². The molecule has 0 fully saturated rings. The van der Waals surface area contributed by atoms with Gasteiger partial charge >= 0.3 is 0 Å². The van der Waals surface area contributed by atoms with Crippen LogP contribution in [0.25, 0.3) is 16.2 Å². The first-order valence-electron chi connectivity index (χ1n) is 10.3. The first kappa shape index (κ1) is 21.3. The van der Waals surface area contributed by atoms with Crippen molar-refractivity contribution in [2.75, 3.05) is 11.9 Å². The number of anilines is 1. The van der Waals surface area contributed by atoms with Crippen molar-refractivity contribution in [1.82, 2.24) is 14.6 Å². The van der Waals surface area contributed by atoms with Crippen LogP contribution in [-0.4, -0.2) is 27.1 Å². The Kier molecular flexibility index (Phi) is 6.84. The van der Waals surface area contributed by atoms with Gasteiger partial charge in [0.2, 0.25) is 4.96 Å². The Morgan fingerprint density at radius 2 is 1.87 bits per heavy atom. The second-order valence-electron chi connectivity index (χ2n) is 7.15. The molecule has 160 valence electrons. The van der Waals surface area contributed by atoms with Crippen LogP contribution < -0.4 is 10.1 Å². The number of hydrogen-bond donors (Lipinski definition) is 1. The summed E-state index contributed by atoms with van der Waals surface area (Å²) in [6.45, 7) is 2.88. The van der Waals surface area contributed by atoms with Gasteiger partial charge in [0.15, 0.2) is 0 Å². The number of carbonyl (C=O) groups is 1. The van der Waals surface area contributed by atoms with E-state index in [1.807, 2.05) is 41.8 Å². The fourth-order valence-electron chi connectivity index (χ4n) is 3.15. The number of benzene rings is 2. The highest BCUT2D eigenvalue weighted by atomic mass is 35.5. The number of rotatable bonds is 9. The summed E-state index contributed by atoms with van der Waals surface area (Å²) in [5.74, 6) is 0.769. The number of hydrogen-bond acceptors (Lipinski definition) is 5. The van der Waals surface area contributed by atoms with Gasteiger partial charge in [-0.1, -0.05) is 49.9 Å². The van der Waals surface area contributed by atoms with Crippen LogP contribution >= 0.6 is 22.9 Å². The Morgan fingerprint density at radius 1 is 1.10 bits per heavy atom. The lowest BCUT2D eigenvalue weighted by Crippen LogP contribution is -2.13. The molecule has 1 amide bonds. The Labute approximate surface area is 189 Å². The van der Waals surface area contributed by atoms with Gasteiger partial charge in [-0.05, 0) is 42.8 Å². The Hall–Kier alpha value is -2.90. The van der Waals surface area contributed by atoms with Gasteiger partial charge in [0.25, 0.3) is 11.9 Å². The van der Waals surface area contributed by atoms with Crippen molar-refractivity contribution in [2.45, 2.75) is 32.6 Å². The van der Waals surface area contributed by atoms with Crippen LogP contribution in [0, 0.1) is 0 Å². The highest BCUT2D eigenvalue weighted by Gasteiger charge is 2.14. The summed E-state index contributed by atoms with van der Waals surface area (Å²) in [5, 5.41) is 9.87. The first-order chi connectivity index (χ1) is 15.1. The summed E-state index contributed by atoms with van der Waals surface area (Å²) < 4.78 is 7.45. The van der Waals surface area contributed by atoms with Crippen molar-refractivity contribution >= 4 is 39.8 Å². The molecule has 0 aliphatic carbocycles. The summed E-state index contributed by atoms with van der Waals surface area (Å²) in [6.07, 6.45) is 4.64. The zero-order valence-corrected chi connectivity index (χ0v) is 18.7. The third-order valence-corrected chi connectivity index (χ3v) is 5.90. The van der Waals surface area contributed by atoms with Crippen LogP contribution in [0.1, 0.15) is 43.0 Å². The summed E-state index contributed by atoms with van der Waals surface area (Å²) in [7, 11) is 0. The van der Waals surface area contributed by atoms with Gasteiger partial charge < -0.3 is 4.74 Å². The molecule has 2 aromatic carbocycles. The fourth-order valence-corrected chi connectivity index (χ4v) is 4.11. The van der Waals surface area contributed by atoms with E-state index >= 15 is 0 Å². The predicted octanol–water partition coefficient (Wildman–Crippen LogP) is 6.32. The van der Waals surface area contributed by atoms with Crippen molar-refractivity contribution in [1.29, 1.82) is 0 Å². The predicted molar refractivity (Wildman–Crippen MR) is 125 cm³/mol. The zero-order chi connectivity index (χ0) is 21.6. The topological polar surface area (TPSA) is 68.5 Å². The third kappa shape index (κ3) is 5.24. The van der Waals surface area contributed by atoms with Crippen molar-refractivity contribution in [3.63, 3.8) is 0 Å². The minimum Gasteiger partial charge on any atom is -0.494 e. The smallest absolute Gasteiger partial charge is 0.258 e. The second kappa shape index (κ2) is 9.94. The lowest BCUT2D eigenvalue weighted by Gasteiger charge is -2.07. The van der Waals surface area contributed by atoms with Crippen LogP contribution in [0.5, 0.6) is 5.75 Å². The maximum atomic E-state index is 12.6. The molecule has 0 aliphatic heterocycles. The minimum atomic E-state index is -0.263. The molecule has 0 radical (unpaired) electrons. The van der Waals surface area contributed by atoms with Crippen LogP contribution in [0.2, 0.25) is 5.02 Å². The molecule has 8 heteroatoms. The van der Waals surface area contributed by atoms with Crippen molar-refractivity contribution in [3.8, 4) is 17.0 Å². The van der Waals surface area contributed by atoms with E-state index in [1.54, 1.807) is 16.6 Å². The highest BCUT2D eigenvalue weighted by Crippen LogP contribution is 2.27. The number of carbonyl (C=O) groups excluding carboxylic acids is 1. The molecule has 0 unspecified atom stereocenters. The summed E-state index contributed by atoms with van der Waals surface area (Å²) in [4.78, 5) is 17.7. The molecule has 0 spiro atoms. The maximum absolute atomic E-state index is 12.6. The average molecular weight is 455 g/mol. The van der Waals surface area contributed by atoms with Crippen molar-refractivity contribution < 1.29 is 9.53 Å². The van der Waals surface area contributed by atoms with Gasteiger partial charge in [0, 0.05) is 21.5 Å². The number of ether oxygens (including phenoxy) is 1.